The highest BCUT2D eigenvalue weighted by Gasteiger charge is 2.34. The van der Waals surface area contributed by atoms with Crippen LogP contribution in [0, 0.1) is 16.0 Å². The maximum absolute atomic E-state index is 12.8. The molecule has 144 valence electrons. The highest BCUT2D eigenvalue weighted by Crippen LogP contribution is 2.31. The van der Waals surface area contributed by atoms with E-state index in [1.54, 1.807) is 6.92 Å². The zero-order chi connectivity index (χ0) is 19.6. The van der Waals surface area contributed by atoms with E-state index < -0.39 is 23.0 Å². The zero-order valence-corrected chi connectivity index (χ0v) is 15.4. The Labute approximate surface area is 157 Å². The van der Waals surface area contributed by atoms with E-state index >= 15 is 0 Å². The van der Waals surface area contributed by atoms with E-state index in [0.29, 0.717) is 22.8 Å². The molecule has 1 atom stereocenters. The third kappa shape index (κ3) is 4.27. The maximum Gasteiger partial charge on any atom is 0.338 e. The first-order valence-corrected chi connectivity index (χ1v) is 9.08. The Morgan fingerprint density at radius 1 is 1.19 bits per heavy atom. The molecule has 1 heterocycles. The van der Waals surface area contributed by atoms with E-state index in [2.05, 4.69) is 17.6 Å². The van der Waals surface area contributed by atoms with Crippen LogP contribution in [-0.4, -0.2) is 23.0 Å². The van der Waals surface area contributed by atoms with Crippen LogP contribution in [0.2, 0.25) is 0 Å². The molecule has 0 aromatic heterocycles. The minimum Gasteiger partial charge on any atom is -0.459 e. The van der Waals surface area contributed by atoms with Gasteiger partial charge in [-0.1, -0.05) is 6.92 Å². The second kappa shape index (κ2) is 7.77. The fourth-order valence-electron chi connectivity index (χ4n) is 3.57. The van der Waals surface area contributed by atoms with E-state index in [-0.39, 0.29) is 11.8 Å². The molecule has 0 radical (unpaired) electrons. The van der Waals surface area contributed by atoms with Crippen LogP contribution in [0.3, 0.4) is 0 Å². The topological polar surface area (TPSA) is 111 Å². The number of esters is 1. The van der Waals surface area contributed by atoms with Crippen molar-refractivity contribution in [2.24, 2.45) is 5.92 Å². The Balaban J connectivity index is 1.83. The van der Waals surface area contributed by atoms with Gasteiger partial charge in [-0.05, 0) is 56.2 Å². The number of carbonyl (C=O) groups excluding carboxylic acids is 2. The quantitative estimate of drug-likeness (QED) is 0.478. The zero-order valence-electron chi connectivity index (χ0n) is 15.4. The number of rotatable bonds is 4. The molecule has 27 heavy (non-hydrogen) atoms. The Morgan fingerprint density at radius 3 is 2.41 bits per heavy atom. The Morgan fingerprint density at radius 2 is 1.81 bits per heavy atom. The number of carbonyl (C=O) groups is 2. The third-order valence-electron chi connectivity index (χ3n) is 5.16. The fraction of sp³-hybridized carbons (Fsp3) is 0.474. The number of ether oxygens (including phenoxy) is 1. The Bertz CT molecular complexity index is 779. The fourth-order valence-corrected chi connectivity index (χ4v) is 3.57. The lowest BCUT2D eigenvalue weighted by Gasteiger charge is -2.31. The number of nitrogens with one attached hydrogen (secondary N) is 2. The van der Waals surface area contributed by atoms with Crippen molar-refractivity contribution in [1.82, 2.24) is 10.6 Å². The summed E-state index contributed by atoms with van der Waals surface area (Å²) in [5.74, 6) is 0.173. The standard InChI is InChI=1S/C19H23N3O5/c1-11-3-9-15(10-4-11)27-18(23)16-12(2)20-19(24)21-17(16)13-5-7-14(8-6-13)22(25)26/h5-8,11,15,17H,3-4,9-10H2,1-2H3,(H2,20,21,24). The summed E-state index contributed by atoms with van der Waals surface area (Å²) in [6, 6.07) is 4.64. The lowest BCUT2D eigenvalue weighted by atomic mass is 9.89. The molecule has 1 aliphatic carbocycles. The SMILES string of the molecule is CC1=C(C(=O)OC2CCC(C)CC2)C(c2ccc([N+](=O)[O-])cc2)NC(=O)N1. The van der Waals surface area contributed by atoms with E-state index in [0.717, 1.165) is 25.7 Å². The van der Waals surface area contributed by atoms with Gasteiger partial charge in [0.15, 0.2) is 0 Å². The molecule has 1 fully saturated rings. The molecule has 0 bridgehead atoms. The van der Waals surface area contributed by atoms with Crippen LogP contribution in [0.15, 0.2) is 35.5 Å². The van der Waals surface area contributed by atoms with Gasteiger partial charge in [-0.15, -0.1) is 0 Å². The van der Waals surface area contributed by atoms with Crippen molar-refractivity contribution >= 4 is 17.7 Å². The van der Waals surface area contributed by atoms with Crippen LogP contribution in [-0.2, 0) is 9.53 Å². The van der Waals surface area contributed by atoms with Crippen molar-refractivity contribution in [3.63, 3.8) is 0 Å². The highest BCUT2D eigenvalue weighted by atomic mass is 16.6. The lowest BCUT2D eigenvalue weighted by Crippen LogP contribution is -2.45. The van der Waals surface area contributed by atoms with E-state index in [9.17, 15) is 19.7 Å². The molecule has 1 unspecified atom stereocenters. The first kappa shape index (κ1) is 18.9. The van der Waals surface area contributed by atoms with Crippen molar-refractivity contribution in [2.45, 2.75) is 51.7 Å². The molecule has 2 aliphatic rings. The predicted octanol–water partition coefficient (Wildman–Crippen LogP) is 3.34. The van der Waals surface area contributed by atoms with Gasteiger partial charge in [0.05, 0.1) is 16.5 Å². The molecule has 8 heteroatoms. The van der Waals surface area contributed by atoms with E-state index in [1.807, 2.05) is 0 Å². The molecule has 2 amide bonds. The normalized spacial score (nSPS) is 25.4. The number of allylic oxidation sites excluding steroid dienone is 1. The van der Waals surface area contributed by atoms with Gasteiger partial charge in [0.1, 0.15) is 6.10 Å². The average molecular weight is 373 g/mol. The number of nitro benzene ring substituents is 1. The van der Waals surface area contributed by atoms with Crippen LogP contribution >= 0.6 is 0 Å². The molecule has 3 rings (SSSR count). The van der Waals surface area contributed by atoms with Crippen LogP contribution in [0.4, 0.5) is 10.5 Å². The monoisotopic (exact) mass is 373 g/mol. The van der Waals surface area contributed by atoms with Crippen LogP contribution in [0.25, 0.3) is 0 Å². The number of amides is 2. The summed E-state index contributed by atoms with van der Waals surface area (Å²) in [6.07, 6.45) is 3.60. The second-order valence-electron chi connectivity index (χ2n) is 7.21. The summed E-state index contributed by atoms with van der Waals surface area (Å²) in [7, 11) is 0. The van der Waals surface area contributed by atoms with Gasteiger partial charge < -0.3 is 15.4 Å². The van der Waals surface area contributed by atoms with Crippen LogP contribution in [0.5, 0.6) is 0 Å². The van der Waals surface area contributed by atoms with Crippen molar-refractivity contribution in [3.8, 4) is 0 Å². The summed E-state index contributed by atoms with van der Waals surface area (Å²) in [4.78, 5) is 35.1. The molecule has 8 nitrogen and oxygen atoms in total. The molecule has 1 aliphatic heterocycles. The Kier molecular flexibility index (Phi) is 5.43. The minimum atomic E-state index is -0.713. The average Bonchev–Trinajstić information content (AvgIpc) is 2.63. The highest BCUT2D eigenvalue weighted by molar-refractivity contribution is 5.95. The summed E-state index contributed by atoms with van der Waals surface area (Å²) in [6.45, 7) is 3.84. The van der Waals surface area contributed by atoms with Gasteiger partial charge in [0.2, 0.25) is 0 Å². The number of hydrogen-bond donors (Lipinski definition) is 2. The van der Waals surface area contributed by atoms with Crippen molar-refractivity contribution in [1.29, 1.82) is 0 Å². The van der Waals surface area contributed by atoms with Crippen LogP contribution < -0.4 is 10.6 Å². The smallest absolute Gasteiger partial charge is 0.338 e. The molecule has 2 N–H and O–H groups in total. The maximum atomic E-state index is 12.8. The van der Waals surface area contributed by atoms with Gasteiger partial charge in [-0.2, -0.15) is 0 Å². The molecule has 1 aromatic carbocycles. The largest absolute Gasteiger partial charge is 0.459 e. The van der Waals surface area contributed by atoms with Gasteiger partial charge in [0.25, 0.3) is 5.69 Å². The summed E-state index contributed by atoms with van der Waals surface area (Å²) in [5.41, 5.74) is 1.28. The molecule has 0 spiro atoms. The van der Waals surface area contributed by atoms with E-state index in [4.69, 9.17) is 4.74 Å². The summed E-state index contributed by atoms with van der Waals surface area (Å²) in [5, 5.41) is 16.2. The van der Waals surface area contributed by atoms with Gasteiger partial charge in [-0.25, -0.2) is 9.59 Å². The van der Waals surface area contributed by atoms with Crippen LogP contribution in [0.1, 0.15) is 51.1 Å². The predicted molar refractivity (Wildman–Crippen MR) is 97.7 cm³/mol. The number of nitrogens with zero attached hydrogens (tertiary/aromatic N) is 1. The van der Waals surface area contributed by atoms with Gasteiger partial charge in [-0.3, -0.25) is 10.1 Å². The number of nitro groups is 1. The van der Waals surface area contributed by atoms with Gasteiger partial charge >= 0.3 is 12.0 Å². The van der Waals surface area contributed by atoms with Crippen molar-refractivity contribution in [3.05, 3.63) is 51.2 Å². The number of hydrogen-bond acceptors (Lipinski definition) is 5. The first-order valence-electron chi connectivity index (χ1n) is 9.08. The molecule has 1 aromatic rings. The minimum absolute atomic E-state index is 0.0554. The second-order valence-corrected chi connectivity index (χ2v) is 7.21. The van der Waals surface area contributed by atoms with Gasteiger partial charge in [0, 0.05) is 17.8 Å². The summed E-state index contributed by atoms with van der Waals surface area (Å²) < 4.78 is 5.70. The molecule has 0 saturated heterocycles. The first-order chi connectivity index (χ1) is 12.8. The molecular formula is C19H23N3O5. The molecular weight excluding hydrogens is 350 g/mol. The number of non-ortho nitro benzene ring substituents is 1. The third-order valence-corrected chi connectivity index (χ3v) is 5.16. The Hall–Kier alpha value is -2.90. The molecule has 1 saturated carbocycles. The number of urea groups is 1. The van der Waals surface area contributed by atoms with Crippen molar-refractivity contribution in [2.75, 3.05) is 0 Å². The lowest BCUT2D eigenvalue weighted by molar-refractivity contribution is -0.384. The number of benzene rings is 1. The van der Waals surface area contributed by atoms with E-state index in [1.165, 1.54) is 24.3 Å². The summed E-state index contributed by atoms with van der Waals surface area (Å²) >= 11 is 0. The van der Waals surface area contributed by atoms with Crippen molar-refractivity contribution < 1.29 is 19.2 Å².